The normalized spacial score (nSPS) is 13.7. The fourth-order valence-corrected chi connectivity index (χ4v) is 0.941. The monoisotopic (exact) mass is 166 g/mol. The van der Waals surface area contributed by atoms with E-state index in [0.717, 1.165) is 6.42 Å². The Labute approximate surface area is 77.4 Å². The van der Waals surface area contributed by atoms with Gasteiger partial charge in [0.15, 0.2) is 0 Å². The molecular weight excluding hydrogens is 144 g/mol. The highest BCUT2D eigenvalue weighted by Crippen LogP contribution is 2.07. The van der Waals surface area contributed by atoms with Crippen LogP contribution in [0, 0.1) is 0 Å². The van der Waals surface area contributed by atoms with E-state index in [1.165, 1.54) is 30.4 Å². The predicted molar refractivity (Wildman–Crippen MR) is 57.3 cm³/mol. The van der Waals surface area contributed by atoms with Crippen molar-refractivity contribution >= 4 is 0 Å². The third-order valence-corrected chi connectivity index (χ3v) is 2.13. The molecule has 0 amide bonds. The molecule has 0 N–H and O–H groups in total. The fraction of sp³-hybridized carbons (Fsp3) is 0.667. The zero-order chi connectivity index (χ0) is 9.40. The van der Waals surface area contributed by atoms with Gasteiger partial charge in [-0.05, 0) is 33.1 Å². The smallest absolute Gasteiger partial charge is 0.0320 e. The SMILES string of the molecule is CCCCC(C)=CC=C(C)CC. The summed E-state index contributed by atoms with van der Waals surface area (Å²) in [5.41, 5.74) is 2.97. The highest BCUT2D eigenvalue weighted by Gasteiger charge is 1.87. The summed E-state index contributed by atoms with van der Waals surface area (Å²) in [4.78, 5) is 0. The van der Waals surface area contributed by atoms with E-state index in [4.69, 9.17) is 0 Å². The number of hydrogen-bond acceptors (Lipinski definition) is 0. The van der Waals surface area contributed by atoms with E-state index >= 15 is 0 Å². The molecule has 0 heteroatoms. The molecule has 0 saturated carbocycles. The van der Waals surface area contributed by atoms with Crippen molar-refractivity contribution in [1.82, 2.24) is 0 Å². The highest BCUT2D eigenvalue weighted by molar-refractivity contribution is 5.14. The van der Waals surface area contributed by atoms with Crippen LogP contribution in [0.4, 0.5) is 0 Å². The molecule has 0 radical (unpaired) electrons. The van der Waals surface area contributed by atoms with Crippen molar-refractivity contribution in [3.8, 4) is 0 Å². The summed E-state index contributed by atoms with van der Waals surface area (Å²) in [7, 11) is 0. The maximum Gasteiger partial charge on any atom is -0.0320 e. The lowest BCUT2D eigenvalue weighted by Gasteiger charge is -1.97. The lowest BCUT2D eigenvalue weighted by atomic mass is 10.1. The van der Waals surface area contributed by atoms with Crippen LogP contribution in [0.15, 0.2) is 23.3 Å². The zero-order valence-electron chi connectivity index (χ0n) is 8.98. The number of rotatable bonds is 5. The fourth-order valence-electron chi connectivity index (χ4n) is 0.941. The van der Waals surface area contributed by atoms with Crippen molar-refractivity contribution in [2.45, 2.75) is 53.4 Å². The molecule has 0 aromatic rings. The average molecular weight is 166 g/mol. The van der Waals surface area contributed by atoms with E-state index in [0.29, 0.717) is 0 Å². The van der Waals surface area contributed by atoms with Gasteiger partial charge < -0.3 is 0 Å². The third kappa shape index (κ3) is 6.21. The van der Waals surface area contributed by atoms with Crippen molar-refractivity contribution < 1.29 is 0 Å². The quantitative estimate of drug-likeness (QED) is 0.528. The number of hydrogen-bond donors (Lipinski definition) is 0. The molecule has 0 rings (SSSR count). The van der Waals surface area contributed by atoms with Crippen LogP contribution >= 0.6 is 0 Å². The van der Waals surface area contributed by atoms with Gasteiger partial charge in [-0.15, -0.1) is 0 Å². The molecule has 0 aliphatic heterocycles. The molecule has 0 fully saturated rings. The Kier molecular flexibility index (Phi) is 6.84. The van der Waals surface area contributed by atoms with Crippen LogP contribution in [0.5, 0.6) is 0 Å². The van der Waals surface area contributed by atoms with Gasteiger partial charge in [0.05, 0.1) is 0 Å². The summed E-state index contributed by atoms with van der Waals surface area (Å²) in [6, 6.07) is 0. The van der Waals surface area contributed by atoms with Crippen LogP contribution in [0.2, 0.25) is 0 Å². The molecule has 0 spiro atoms. The minimum absolute atomic E-state index is 1.16. The Hall–Kier alpha value is -0.520. The van der Waals surface area contributed by atoms with E-state index in [-0.39, 0.29) is 0 Å². The molecule has 0 heterocycles. The molecule has 12 heavy (non-hydrogen) atoms. The van der Waals surface area contributed by atoms with Crippen LogP contribution in [-0.4, -0.2) is 0 Å². The summed E-state index contributed by atoms with van der Waals surface area (Å²) in [6.07, 6.45) is 9.53. The standard InChI is InChI=1S/C12H22/c1-5-7-8-12(4)10-9-11(3)6-2/h9-10H,5-8H2,1-4H3. The van der Waals surface area contributed by atoms with Crippen LogP contribution in [-0.2, 0) is 0 Å². The first-order valence-electron chi connectivity index (χ1n) is 5.03. The summed E-state index contributed by atoms with van der Waals surface area (Å²) < 4.78 is 0. The van der Waals surface area contributed by atoms with Gasteiger partial charge in [-0.3, -0.25) is 0 Å². The molecule has 0 saturated heterocycles. The molecule has 0 atom stereocenters. The second-order valence-electron chi connectivity index (χ2n) is 3.48. The van der Waals surface area contributed by atoms with E-state index in [2.05, 4.69) is 39.8 Å². The molecule has 0 aromatic heterocycles. The van der Waals surface area contributed by atoms with Crippen molar-refractivity contribution in [2.24, 2.45) is 0 Å². The summed E-state index contributed by atoms with van der Waals surface area (Å²) in [6.45, 7) is 8.83. The maximum absolute atomic E-state index is 2.26. The van der Waals surface area contributed by atoms with Gasteiger partial charge in [-0.25, -0.2) is 0 Å². The van der Waals surface area contributed by atoms with Gasteiger partial charge in [0.25, 0.3) is 0 Å². The Morgan fingerprint density at radius 1 is 1.00 bits per heavy atom. The van der Waals surface area contributed by atoms with Crippen molar-refractivity contribution in [3.05, 3.63) is 23.3 Å². The molecule has 0 aliphatic carbocycles. The Balaban J connectivity index is 3.82. The molecule has 0 aliphatic rings. The summed E-state index contributed by atoms with van der Waals surface area (Å²) in [5.74, 6) is 0. The summed E-state index contributed by atoms with van der Waals surface area (Å²) in [5, 5.41) is 0. The van der Waals surface area contributed by atoms with Gasteiger partial charge >= 0.3 is 0 Å². The highest BCUT2D eigenvalue weighted by atomic mass is 13.9. The molecular formula is C12H22. The molecule has 0 bridgehead atoms. The van der Waals surface area contributed by atoms with Gasteiger partial charge in [-0.1, -0.05) is 43.6 Å². The van der Waals surface area contributed by atoms with Crippen LogP contribution < -0.4 is 0 Å². The van der Waals surface area contributed by atoms with Crippen molar-refractivity contribution in [2.75, 3.05) is 0 Å². The van der Waals surface area contributed by atoms with Crippen molar-refractivity contribution in [3.63, 3.8) is 0 Å². The lowest BCUT2D eigenvalue weighted by molar-refractivity contribution is 0.787. The molecule has 70 valence electrons. The van der Waals surface area contributed by atoms with E-state index in [1.807, 2.05) is 0 Å². The van der Waals surface area contributed by atoms with Gasteiger partial charge in [0.1, 0.15) is 0 Å². The first-order valence-corrected chi connectivity index (χ1v) is 5.03. The topological polar surface area (TPSA) is 0 Å². The minimum Gasteiger partial charge on any atom is -0.0736 e. The minimum atomic E-state index is 1.16. The maximum atomic E-state index is 2.26. The van der Waals surface area contributed by atoms with Gasteiger partial charge in [-0.2, -0.15) is 0 Å². The third-order valence-electron chi connectivity index (χ3n) is 2.13. The number of allylic oxidation sites excluding steroid dienone is 4. The lowest BCUT2D eigenvalue weighted by Crippen LogP contribution is -1.77. The first kappa shape index (κ1) is 11.5. The number of unbranched alkanes of at least 4 members (excludes halogenated alkanes) is 1. The second-order valence-corrected chi connectivity index (χ2v) is 3.48. The van der Waals surface area contributed by atoms with Crippen molar-refractivity contribution in [1.29, 1.82) is 0 Å². The second kappa shape index (κ2) is 7.15. The largest absolute Gasteiger partial charge is 0.0736 e. The van der Waals surface area contributed by atoms with E-state index in [9.17, 15) is 0 Å². The van der Waals surface area contributed by atoms with E-state index in [1.54, 1.807) is 0 Å². The Morgan fingerprint density at radius 2 is 1.58 bits per heavy atom. The van der Waals surface area contributed by atoms with Crippen LogP contribution in [0.25, 0.3) is 0 Å². The summed E-state index contributed by atoms with van der Waals surface area (Å²) >= 11 is 0. The first-order chi connectivity index (χ1) is 5.70. The van der Waals surface area contributed by atoms with Gasteiger partial charge in [0.2, 0.25) is 0 Å². The Morgan fingerprint density at radius 3 is 2.08 bits per heavy atom. The molecule has 0 unspecified atom stereocenters. The van der Waals surface area contributed by atoms with Crippen LogP contribution in [0.3, 0.4) is 0 Å². The Bertz CT molecular complexity index is 161. The molecule has 0 nitrogen and oxygen atoms in total. The molecule has 0 aromatic carbocycles. The van der Waals surface area contributed by atoms with Crippen LogP contribution in [0.1, 0.15) is 53.4 Å². The van der Waals surface area contributed by atoms with E-state index < -0.39 is 0 Å². The predicted octanol–water partition coefficient (Wildman–Crippen LogP) is 4.48. The zero-order valence-corrected chi connectivity index (χ0v) is 8.98. The average Bonchev–Trinajstić information content (AvgIpc) is 2.10. The van der Waals surface area contributed by atoms with Gasteiger partial charge in [0, 0.05) is 0 Å².